The zero-order valence-electron chi connectivity index (χ0n) is 12.1. The Morgan fingerprint density at radius 2 is 2.35 bits per heavy atom. The topological polar surface area (TPSA) is 28.2 Å². The van der Waals surface area contributed by atoms with Gasteiger partial charge in [0.05, 0.1) is 0 Å². The van der Waals surface area contributed by atoms with Crippen molar-refractivity contribution in [3.8, 4) is 0 Å². The first-order chi connectivity index (χ1) is 9.78. The Morgan fingerprint density at radius 1 is 1.45 bits per heavy atom. The molecule has 1 N–H and O–H groups in total. The molecule has 1 aliphatic rings. The Labute approximate surface area is 124 Å². The number of aromatic nitrogens is 1. The number of nitrogens with zero attached hydrogens (tertiary/aromatic N) is 2. The van der Waals surface area contributed by atoms with Crippen molar-refractivity contribution in [1.82, 2.24) is 9.88 Å². The molecule has 3 nitrogen and oxygen atoms in total. The molecule has 3 heterocycles. The highest BCUT2D eigenvalue weighted by molar-refractivity contribution is 7.10. The largest absolute Gasteiger partial charge is 0.370 e. The van der Waals surface area contributed by atoms with E-state index >= 15 is 0 Å². The van der Waals surface area contributed by atoms with Gasteiger partial charge in [-0.1, -0.05) is 0 Å². The molecule has 1 atom stereocenters. The second-order valence-electron chi connectivity index (χ2n) is 5.28. The minimum absolute atomic E-state index is 0.515. The van der Waals surface area contributed by atoms with E-state index in [0.717, 1.165) is 25.5 Å². The smallest absolute Gasteiger partial charge is 0.126 e. The summed E-state index contributed by atoms with van der Waals surface area (Å²) in [7, 11) is 0. The van der Waals surface area contributed by atoms with Gasteiger partial charge in [0.15, 0.2) is 0 Å². The van der Waals surface area contributed by atoms with Gasteiger partial charge in [-0.25, -0.2) is 4.98 Å². The maximum Gasteiger partial charge on any atom is 0.126 e. The van der Waals surface area contributed by atoms with Crippen molar-refractivity contribution >= 4 is 17.2 Å². The lowest BCUT2D eigenvalue weighted by atomic mass is 10.0. The molecule has 0 amide bonds. The van der Waals surface area contributed by atoms with Crippen molar-refractivity contribution in [3.05, 3.63) is 45.8 Å². The number of pyridine rings is 1. The van der Waals surface area contributed by atoms with E-state index in [1.165, 1.54) is 17.5 Å². The fraction of sp³-hybridized carbons (Fsp3) is 0.438. The van der Waals surface area contributed by atoms with Crippen LogP contribution >= 0.6 is 11.3 Å². The highest BCUT2D eigenvalue weighted by Gasteiger charge is 2.24. The first-order valence-electron chi connectivity index (χ1n) is 7.27. The molecule has 1 unspecified atom stereocenters. The van der Waals surface area contributed by atoms with Crippen LogP contribution in [0.1, 0.15) is 35.9 Å². The van der Waals surface area contributed by atoms with Crippen molar-refractivity contribution in [3.63, 3.8) is 0 Å². The molecule has 0 spiro atoms. The summed E-state index contributed by atoms with van der Waals surface area (Å²) in [5, 5.41) is 5.50. The molecular weight excluding hydrogens is 266 g/mol. The third-order valence-electron chi connectivity index (χ3n) is 3.97. The van der Waals surface area contributed by atoms with Crippen LogP contribution in [0.3, 0.4) is 0 Å². The van der Waals surface area contributed by atoms with Crippen LogP contribution in [0, 0.1) is 0 Å². The first-order valence-corrected chi connectivity index (χ1v) is 8.15. The van der Waals surface area contributed by atoms with Crippen molar-refractivity contribution in [2.24, 2.45) is 0 Å². The Morgan fingerprint density at radius 3 is 3.20 bits per heavy atom. The van der Waals surface area contributed by atoms with E-state index in [9.17, 15) is 0 Å². The summed E-state index contributed by atoms with van der Waals surface area (Å²) in [5.41, 5.74) is 2.85. The Balaban J connectivity index is 1.74. The predicted octanol–water partition coefficient (Wildman–Crippen LogP) is 3.69. The summed E-state index contributed by atoms with van der Waals surface area (Å²) in [6.45, 7) is 7.47. The molecule has 1 aliphatic heterocycles. The van der Waals surface area contributed by atoms with Gasteiger partial charge in [-0.2, -0.15) is 0 Å². The zero-order chi connectivity index (χ0) is 13.9. The Kier molecular flexibility index (Phi) is 4.03. The van der Waals surface area contributed by atoms with Gasteiger partial charge in [-0.15, -0.1) is 11.3 Å². The van der Waals surface area contributed by atoms with E-state index in [0.29, 0.717) is 6.04 Å². The lowest BCUT2D eigenvalue weighted by Crippen LogP contribution is -2.32. The highest BCUT2D eigenvalue weighted by Crippen LogP contribution is 2.33. The van der Waals surface area contributed by atoms with Crippen molar-refractivity contribution in [2.75, 3.05) is 18.4 Å². The van der Waals surface area contributed by atoms with Crippen LogP contribution in [0.5, 0.6) is 0 Å². The summed E-state index contributed by atoms with van der Waals surface area (Å²) >= 11 is 1.90. The third-order valence-corrected chi connectivity index (χ3v) is 4.97. The Bertz CT molecular complexity index is 579. The molecule has 2 aromatic heterocycles. The second kappa shape index (κ2) is 5.94. The molecule has 20 heavy (non-hydrogen) atoms. The van der Waals surface area contributed by atoms with E-state index in [2.05, 4.69) is 52.6 Å². The minimum atomic E-state index is 0.515. The molecule has 0 saturated heterocycles. The highest BCUT2D eigenvalue weighted by atomic mass is 32.1. The molecule has 0 fully saturated rings. The average Bonchev–Trinajstić information content (AvgIpc) is 2.92. The standard InChI is InChI=1S/C16H21N3S/c1-3-17-16-10-13(4-7-18-16)11-19-8-5-15-14(12(19)2)6-9-20-15/h4,6-7,9-10,12H,3,5,8,11H2,1-2H3,(H,17,18). The SMILES string of the molecule is CCNc1cc(CN2CCc3sccc3C2C)ccn1. The van der Waals surface area contributed by atoms with Gasteiger partial charge in [0.2, 0.25) is 0 Å². The van der Waals surface area contributed by atoms with Crippen molar-refractivity contribution < 1.29 is 0 Å². The minimum Gasteiger partial charge on any atom is -0.370 e. The molecule has 4 heteroatoms. The van der Waals surface area contributed by atoms with Crippen molar-refractivity contribution in [2.45, 2.75) is 32.9 Å². The van der Waals surface area contributed by atoms with Gasteiger partial charge in [-0.05, 0) is 55.0 Å². The summed E-state index contributed by atoms with van der Waals surface area (Å²) in [4.78, 5) is 8.46. The van der Waals surface area contributed by atoms with Crippen molar-refractivity contribution in [1.29, 1.82) is 0 Å². The van der Waals surface area contributed by atoms with E-state index in [1.54, 1.807) is 4.88 Å². The monoisotopic (exact) mass is 287 g/mol. The van der Waals surface area contributed by atoms with Gasteiger partial charge in [0.25, 0.3) is 0 Å². The van der Waals surface area contributed by atoms with Gasteiger partial charge in [0, 0.05) is 36.8 Å². The van der Waals surface area contributed by atoms with E-state index < -0.39 is 0 Å². The summed E-state index contributed by atoms with van der Waals surface area (Å²) in [5.74, 6) is 0.978. The molecule has 0 bridgehead atoms. The Hall–Kier alpha value is -1.39. The van der Waals surface area contributed by atoms with Crippen LogP contribution in [-0.2, 0) is 13.0 Å². The maximum absolute atomic E-state index is 4.34. The number of hydrogen-bond donors (Lipinski definition) is 1. The molecule has 0 aromatic carbocycles. The van der Waals surface area contributed by atoms with Crippen LogP contribution in [0.15, 0.2) is 29.8 Å². The summed E-state index contributed by atoms with van der Waals surface area (Å²) in [6.07, 6.45) is 3.08. The zero-order valence-corrected chi connectivity index (χ0v) is 12.9. The summed E-state index contributed by atoms with van der Waals surface area (Å²) < 4.78 is 0. The van der Waals surface area contributed by atoms with Crippen LogP contribution in [0.2, 0.25) is 0 Å². The molecule has 3 rings (SSSR count). The van der Waals surface area contributed by atoms with Gasteiger partial charge in [0.1, 0.15) is 5.82 Å². The van der Waals surface area contributed by atoms with Gasteiger partial charge in [-0.3, -0.25) is 4.90 Å². The first kappa shape index (κ1) is 13.6. The second-order valence-corrected chi connectivity index (χ2v) is 6.28. The molecule has 0 radical (unpaired) electrons. The predicted molar refractivity (Wildman–Crippen MR) is 85.2 cm³/mol. The third kappa shape index (κ3) is 2.72. The number of thiophene rings is 1. The summed E-state index contributed by atoms with van der Waals surface area (Å²) in [6, 6.07) is 7.09. The maximum atomic E-state index is 4.34. The fourth-order valence-corrected chi connectivity index (χ4v) is 3.83. The number of hydrogen-bond acceptors (Lipinski definition) is 4. The number of anilines is 1. The van der Waals surface area contributed by atoms with Crippen LogP contribution < -0.4 is 5.32 Å². The number of rotatable bonds is 4. The van der Waals surface area contributed by atoms with Crippen LogP contribution in [0.4, 0.5) is 5.82 Å². The molecular formula is C16H21N3S. The average molecular weight is 287 g/mol. The number of nitrogens with one attached hydrogen (secondary N) is 1. The van der Waals surface area contributed by atoms with E-state index in [4.69, 9.17) is 0 Å². The quantitative estimate of drug-likeness (QED) is 0.929. The van der Waals surface area contributed by atoms with E-state index in [-0.39, 0.29) is 0 Å². The van der Waals surface area contributed by atoms with E-state index in [1.807, 2.05) is 17.5 Å². The lowest BCUT2D eigenvalue weighted by Gasteiger charge is -2.33. The van der Waals surface area contributed by atoms with Crippen LogP contribution in [-0.4, -0.2) is 23.0 Å². The fourth-order valence-electron chi connectivity index (χ4n) is 2.86. The van der Waals surface area contributed by atoms with Gasteiger partial charge >= 0.3 is 0 Å². The van der Waals surface area contributed by atoms with Crippen LogP contribution in [0.25, 0.3) is 0 Å². The molecule has 2 aromatic rings. The van der Waals surface area contributed by atoms with Gasteiger partial charge < -0.3 is 5.32 Å². The number of fused-ring (bicyclic) bond motifs is 1. The lowest BCUT2D eigenvalue weighted by molar-refractivity contribution is 0.191. The normalized spacial score (nSPS) is 18.8. The molecule has 0 aliphatic carbocycles. The molecule has 0 saturated carbocycles. The molecule has 106 valence electrons.